The summed E-state index contributed by atoms with van der Waals surface area (Å²) in [7, 11) is 1.74. The highest BCUT2D eigenvalue weighted by Gasteiger charge is 2.31. The number of likely N-dealkylation sites (N-methyl/N-ethyl adjacent to an activating group) is 1. The number of hydrogen-bond donors (Lipinski definition) is 2. The van der Waals surface area contributed by atoms with E-state index >= 15 is 0 Å². The van der Waals surface area contributed by atoms with Crippen molar-refractivity contribution in [1.82, 2.24) is 10.2 Å². The summed E-state index contributed by atoms with van der Waals surface area (Å²) >= 11 is 0. The molecule has 1 unspecified atom stereocenters. The van der Waals surface area contributed by atoms with Crippen molar-refractivity contribution in [2.24, 2.45) is 5.73 Å². The summed E-state index contributed by atoms with van der Waals surface area (Å²) in [6, 6.07) is -0.404. The lowest BCUT2D eigenvalue weighted by Crippen LogP contribution is -2.57. The van der Waals surface area contributed by atoms with E-state index in [4.69, 9.17) is 5.73 Å². The standard InChI is InChI=1S/C10H19N3O2.ClH/c1-10(2,11)9(15)12-7-5-4-6-13(3)8(7)14;/h7H,4-6,11H2,1-3H3,(H,12,15);1H. The molecule has 3 N–H and O–H groups in total. The van der Waals surface area contributed by atoms with Crippen molar-refractivity contribution in [3.05, 3.63) is 0 Å². The molecule has 1 saturated heterocycles. The fourth-order valence-corrected chi connectivity index (χ4v) is 1.51. The second-order valence-electron chi connectivity index (χ2n) is 4.65. The van der Waals surface area contributed by atoms with E-state index in [9.17, 15) is 9.59 Å². The summed E-state index contributed by atoms with van der Waals surface area (Å²) in [5.41, 5.74) is 4.71. The van der Waals surface area contributed by atoms with Crippen LogP contribution in [0.15, 0.2) is 0 Å². The molecule has 0 aromatic carbocycles. The van der Waals surface area contributed by atoms with Gasteiger partial charge >= 0.3 is 0 Å². The first kappa shape index (κ1) is 15.2. The van der Waals surface area contributed by atoms with Crippen LogP contribution < -0.4 is 11.1 Å². The van der Waals surface area contributed by atoms with Crippen molar-refractivity contribution < 1.29 is 9.59 Å². The van der Waals surface area contributed by atoms with Crippen LogP contribution in [-0.2, 0) is 9.59 Å². The van der Waals surface area contributed by atoms with Gasteiger partial charge in [0.05, 0.1) is 5.54 Å². The zero-order valence-electron chi connectivity index (χ0n) is 9.95. The van der Waals surface area contributed by atoms with Gasteiger partial charge in [-0.05, 0) is 26.7 Å². The molecule has 1 aliphatic rings. The maximum absolute atomic E-state index is 11.7. The van der Waals surface area contributed by atoms with Gasteiger partial charge in [0, 0.05) is 13.6 Å². The van der Waals surface area contributed by atoms with E-state index in [1.165, 1.54) is 0 Å². The van der Waals surface area contributed by atoms with Gasteiger partial charge in [0.25, 0.3) is 0 Å². The number of carbonyl (C=O) groups excluding carboxylic acids is 2. The second-order valence-corrected chi connectivity index (χ2v) is 4.65. The number of likely N-dealkylation sites (tertiary alicyclic amines) is 1. The third-order valence-electron chi connectivity index (χ3n) is 2.55. The van der Waals surface area contributed by atoms with Crippen LogP contribution in [-0.4, -0.2) is 41.9 Å². The lowest BCUT2D eigenvalue weighted by Gasteiger charge is -2.31. The fourth-order valence-electron chi connectivity index (χ4n) is 1.51. The molecule has 0 radical (unpaired) electrons. The molecular weight excluding hydrogens is 230 g/mol. The van der Waals surface area contributed by atoms with Crippen LogP contribution in [0, 0.1) is 0 Å². The Kier molecular flexibility index (Phi) is 5.22. The Balaban J connectivity index is 0.00000225. The molecule has 0 bridgehead atoms. The average Bonchev–Trinajstić information content (AvgIpc) is 2.11. The van der Waals surface area contributed by atoms with Crippen LogP contribution in [0.2, 0.25) is 0 Å². The Bertz CT molecular complexity index is 276. The Morgan fingerprint density at radius 3 is 2.62 bits per heavy atom. The number of piperidine rings is 1. The molecular formula is C10H20ClN3O2. The zero-order chi connectivity index (χ0) is 11.6. The zero-order valence-corrected chi connectivity index (χ0v) is 10.8. The van der Waals surface area contributed by atoms with Gasteiger partial charge in [-0.1, -0.05) is 0 Å². The fraction of sp³-hybridized carbons (Fsp3) is 0.800. The van der Waals surface area contributed by atoms with Gasteiger partial charge in [0.15, 0.2) is 0 Å². The molecule has 16 heavy (non-hydrogen) atoms. The molecule has 0 spiro atoms. The summed E-state index contributed by atoms with van der Waals surface area (Å²) in [4.78, 5) is 24.9. The Hall–Kier alpha value is -0.810. The molecule has 2 amide bonds. The molecule has 1 fully saturated rings. The first-order valence-electron chi connectivity index (χ1n) is 5.17. The number of rotatable bonds is 2. The molecule has 0 saturated carbocycles. The molecule has 6 heteroatoms. The summed E-state index contributed by atoms with van der Waals surface area (Å²) in [5, 5.41) is 2.68. The maximum atomic E-state index is 11.7. The van der Waals surface area contributed by atoms with Crippen LogP contribution in [0.1, 0.15) is 26.7 Å². The molecule has 1 atom stereocenters. The number of hydrogen-bond acceptors (Lipinski definition) is 3. The minimum absolute atomic E-state index is 0. The van der Waals surface area contributed by atoms with Gasteiger partial charge < -0.3 is 16.0 Å². The predicted octanol–water partition coefficient (Wildman–Crippen LogP) is -0.117. The number of halogens is 1. The van der Waals surface area contributed by atoms with E-state index in [-0.39, 0.29) is 24.2 Å². The molecule has 1 aliphatic heterocycles. The van der Waals surface area contributed by atoms with Crippen molar-refractivity contribution in [2.75, 3.05) is 13.6 Å². The van der Waals surface area contributed by atoms with Gasteiger partial charge in [0.2, 0.25) is 11.8 Å². The molecule has 5 nitrogen and oxygen atoms in total. The number of nitrogens with zero attached hydrogens (tertiary/aromatic N) is 1. The van der Waals surface area contributed by atoms with Crippen LogP contribution >= 0.6 is 12.4 Å². The minimum atomic E-state index is -0.934. The van der Waals surface area contributed by atoms with Crippen molar-refractivity contribution in [1.29, 1.82) is 0 Å². The summed E-state index contributed by atoms with van der Waals surface area (Å²) in [5.74, 6) is -0.310. The number of nitrogens with one attached hydrogen (secondary N) is 1. The lowest BCUT2D eigenvalue weighted by atomic mass is 10.0. The molecule has 1 heterocycles. The highest BCUT2D eigenvalue weighted by Crippen LogP contribution is 2.10. The van der Waals surface area contributed by atoms with Gasteiger partial charge in [0.1, 0.15) is 6.04 Å². The largest absolute Gasteiger partial charge is 0.344 e. The van der Waals surface area contributed by atoms with Crippen molar-refractivity contribution in [2.45, 2.75) is 38.3 Å². The van der Waals surface area contributed by atoms with Crippen molar-refractivity contribution >= 4 is 24.2 Å². The van der Waals surface area contributed by atoms with Crippen molar-refractivity contribution in [3.8, 4) is 0 Å². The second kappa shape index (κ2) is 5.50. The van der Waals surface area contributed by atoms with Gasteiger partial charge in [-0.15, -0.1) is 12.4 Å². The Labute approximate surface area is 102 Å². The topological polar surface area (TPSA) is 75.4 Å². The van der Waals surface area contributed by atoms with E-state index in [0.717, 1.165) is 13.0 Å². The van der Waals surface area contributed by atoms with Gasteiger partial charge in [-0.3, -0.25) is 9.59 Å². The quantitative estimate of drug-likeness (QED) is 0.717. The minimum Gasteiger partial charge on any atom is -0.344 e. The maximum Gasteiger partial charge on any atom is 0.244 e. The summed E-state index contributed by atoms with van der Waals surface area (Å²) < 4.78 is 0. The SMILES string of the molecule is CN1CCCC(NC(=O)C(C)(C)N)C1=O.Cl. The average molecular weight is 250 g/mol. The van der Waals surface area contributed by atoms with Crippen LogP contribution in [0.3, 0.4) is 0 Å². The monoisotopic (exact) mass is 249 g/mol. The molecule has 0 aliphatic carbocycles. The number of carbonyl (C=O) groups is 2. The molecule has 0 aromatic heterocycles. The molecule has 1 rings (SSSR count). The molecule has 0 aromatic rings. The Morgan fingerprint density at radius 2 is 2.12 bits per heavy atom. The van der Waals surface area contributed by atoms with Crippen LogP contribution in [0.4, 0.5) is 0 Å². The lowest BCUT2D eigenvalue weighted by molar-refractivity contribution is -0.138. The highest BCUT2D eigenvalue weighted by molar-refractivity contribution is 5.91. The smallest absolute Gasteiger partial charge is 0.244 e. The highest BCUT2D eigenvalue weighted by atomic mass is 35.5. The Morgan fingerprint density at radius 1 is 1.56 bits per heavy atom. The van der Waals surface area contributed by atoms with Gasteiger partial charge in [-0.2, -0.15) is 0 Å². The van der Waals surface area contributed by atoms with E-state index < -0.39 is 11.6 Å². The number of amides is 2. The van der Waals surface area contributed by atoms with E-state index in [1.807, 2.05) is 0 Å². The van der Waals surface area contributed by atoms with Crippen LogP contribution in [0.25, 0.3) is 0 Å². The van der Waals surface area contributed by atoms with Crippen LogP contribution in [0.5, 0.6) is 0 Å². The first-order chi connectivity index (χ1) is 6.82. The first-order valence-corrected chi connectivity index (χ1v) is 5.17. The number of nitrogens with two attached hydrogens (primary N) is 1. The predicted molar refractivity (Wildman–Crippen MR) is 64.3 cm³/mol. The van der Waals surface area contributed by atoms with E-state index in [2.05, 4.69) is 5.32 Å². The summed E-state index contributed by atoms with van der Waals surface area (Å²) in [6.07, 6.45) is 1.61. The summed E-state index contributed by atoms with van der Waals surface area (Å²) in [6.45, 7) is 4.01. The van der Waals surface area contributed by atoms with E-state index in [0.29, 0.717) is 6.42 Å². The third kappa shape index (κ3) is 3.64. The molecule has 94 valence electrons. The normalized spacial score (nSPS) is 21.4. The third-order valence-corrected chi connectivity index (χ3v) is 2.55. The van der Waals surface area contributed by atoms with Gasteiger partial charge in [-0.25, -0.2) is 0 Å². The van der Waals surface area contributed by atoms with E-state index in [1.54, 1.807) is 25.8 Å². The van der Waals surface area contributed by atoms with Crippen molar-refractivity contribution in [3.63, 3.8) is 0 Å².